The molecule has 0 fully saturated rings. The molecule has 5 aromatic carbocycles. The molecule has 0 spiro atoms. The molecule has 0 N–H and O–H groups in total. The van der Waals surface area contributed by atoms with Gasteiger partial charge in [0.05, 0.1) is 119 Å². The van der Waals surface area contributed by atoms with Crippen molar-refractivity contribution in [1.82, 2.24) is 146 Å². The van der Waals surface area contributed by atoms with Crippen molar-refractivity contribution in [3.63, 3.8) is 0 Å². The Kier molecular flexibility index (Phi) is 28.7. The van der Waals surface area contributed by atoms with E-state index in [1.807, 2.05) is 175 Å². The number of pyridine rings is 1. The summed E-state index contributed by atoms with van der Waals surface area (Å²) in [4.78, 5) is 47.1. The van der Waals surface area contributed by atoms with Gasteiger partial charge in [0.25, 0.3) is 5.19 Å². The van der Waals surface area contributed by atoms with Gasteiger partial charge in [-0.25, -0.2) is 44.9 Å². The molecule has 5 aliphatic rings. The summed E-state index contributed by atoms with van der Waals surface area (Å²) in [6.07, 6.45) is 18.8. The van der Waals surface area contributed by atoms with Gasteiger partial charge in [-0.3, -0.25) is 27.8 Å². The SMILES string of the molecule is CCc1cncc(C#Cc2ncn3c2Cn2c(COC)nnc2-c2cc(Cl)ccc2-3)c1.COCc1nnc2n1Cc1c(C#Cc3cnc(C)s3)ncn1-c1ccc(Cl)cc1-2.COCc1nnc2n1Cc1c(C#Cc3cnc(OC)s3)ncn1-c1ccc(Cl)cc1-2.COCc1nnc2n1Cc1c(C#Cc3nc(C)cs3)ncn1-c1ccc(Cl)cc1-2.COCc1nnc2n1Cc1c(C#Cc3ncc(C)s3)ncn1-c1ccc(Cl)cc1-2. The molecule has 0 saturated carbocycles. The Balaban J connectivity index is 0.000000108. The highest BCUT2D eigenvalue weighted by Gasteiger charge is 2.34. The number of thiazole rings is 4. The van der Waals surface area contributed by atoms with Crippen molar-refractivity contribution in [3.8, 4) is 150 Å². The second-order valence-electron chi connectivity index (χ2n) is 33.3. The topological polar surface area (TPSA) is 362 Å². The Bertz CT molecular complexity index is 8400. The largest absolute Gasteiger partial charge is 0.473 e. The number of halogens is 5. The van der Waals surface area contributed by atoms with Gasteiger partial charge in [0.15, 0.2) is 68.3 Å². The number of aromatic nitrogens is 30. The van der Waals surface area contributed by atoms with E-state index in [0.717, 1.165) is 196 Å². The van der Waals surface area contributed by atoms with E-state index >= 15 is 0 Å². The van der Waals surface area contributed by atoms with Crippen LogP contribution < -0.4 is 4.74 Å². The summed E-state index contributed by atoms with van der Waals surface area (Å²) in [5, 5.41) is 51.9. The summed E-state index contributed by atoms with van der Waals surface area (Å²) in [5.74, 6) is 39.1. The number of benzene rings is 5. The fourth-order valence-corrected chi connectivity index (χ4v) is 20.4. The number of imidazole rings is 5. The minimum atomic E-state index is 0.346. The van der Waals surface area contributed by atoms with Crippen LogP contribution in [0.1, 0.15) is 139 Å². The van der Waals surface area contributed by atoms with Gasteiger partial charge in [0.2, 0.25) is 0 Å². The standard InChI is InChI=1S/C23H19ClN6O.C20H15ClN6O2S.3C20H15ClN6OS/c1-3-15-8-16(11-25-10-15)4-6-19-21-12-29-22(13-31-2)27-28-23(29)18-9-17(24)5-7-20(18)30(21)14-26-19;1-28-10-18-24-25-19-14-7-12(21)3-6-16(14)27-11-23-15(17(27)9-26(18)19)5-4-13-8-22-20(29-2)30-13;1-12-22-8-14(29-12)4-5-16-18-9-26-19(10-28-2)24-25-20(26)15-7-13(21)3-6-17(15)27(18)11-23-16;1-12-10-29-19(23-12)6-4-15-17-8-26-18(9-28-2)24-25-20(26)14-7-13(21)3-5-16(14)27(17)11-22-15;1-12-8-22-19(29-12)6-4-15-17-9-26-18(10-28-2)24-25-20(26)14-7-13(21)3-5-16(14)27(17)11-23-15/h5,7-11,14H,3,12-13H2,1-2H3;3,6-8,11H,9-10H2,1-2H3;3,6-8,11H,9-10H2,1-2H3;3,5,7,10-11H,8-9H2,1-2H3;3,5,7-8,11H,9-10H2,1-2H3. The van der Waals surface area contributed by atoms with Gasteiger partial charge in [-0.2, -0.15) is 0 Å². The maximum absolute atomic E-state index is 6.30. The third-order valence-electron chi connectivity index (χ3n) is 23.9. The van der Waals surface area contributed by atoms with Crippen molar-refractivity contribution in [2.24, 2.45) is 0 Å². The van der Waals surface area contributed by atoms with Gasteiger partial charge >= 0.3 is 0 Å². The van der Waals surface area contributed by atoms with Crippen LogP contribution in [-0.4, -0.2) is 189 Å². The van der Waals surface area contributed by atoms with E-state index in [1.54, 1.807) is 116 Å². The maximum Gasteiger partial charge on any atom is 0.274 e. The molecule has 0 bridgehead atoms. The number of nitrogens with zero attached hydrogens (tertiary/aromatic N) is 30. The van der Waals surface area contributed by atoms with Crippen LogP contribution in [0, 0.1) is 80.0 Å². The van der Waals surface area contributed by atoms with Crippen LogP contribution in [0.3, 0.4) is 0 Å². The second kappa shape index (κ2) is 43.2. The van der Waals surface area contributed by atoms with E-state index < -0.39 is 0 Å². The van der Waals surface area contributed by atoms with E-state index in [1.165, 1.54) is 22.7 Å². The Morgan fingerprint density at radius 2 is 0.662 bits per heavy atom. The highest BCUT2D eigenvalue weighted by atomic mass is 35.5. The van der Waals surface area contributed by atoms with Crippen LogP contribution in [0.15, 0.2) is 165 Å². The van der Waals surface area contributed by atoms with Crippen LogP contribution in [0.25, 0.3) is 85.4 Å². The number of methoxy groups -OCH3 is 6. The molecule has 15 aromatic heterocycles. The van der Waals surface area contributed by atoms with Crippen LogP contribution in [0.5, 0.6) is 5.19 Å². The number of hydrogen-bond donors (Lipinski definition) is 0. The minimum absolute atomic E-state index is 0.346. The van der Waals surface area contributed by atoms with E-state index in [4.69, 9.17) is 86.4 Å². The summed E-state index contributed by atoms with van der Waals surface area (Å²) in [7, 11) is 9.78. The average Bonchev–Trinajstić information content (AvgIpc) is 1.62. The zero-order valence-corrected chi connectivity index (χ0v) is 87.3. The van der Waals surface area contributed by atoms with E-state index in [2.05, 4.69) is 173 Å². The van der Waals surface area contributed by atoms with E-state index in [-0.39, 0.29) is 0 Å². The Labute approximate surface area is 886 Å². The molecule has 0 unspecified atom stereocenters. The molecule has 0 radical (unpaired) electrons. The van der Waals surface area contributed by atoms with E-state index in [9.17, 15) is 0 Å². The first kappa shape index (κ1) is 98.4. The lowest BCUT2D eigenvalue weighted by Crippen LogP contribution is -2.09. The quantitative estimate of drug-likeness (QED) is 0.103. The Hall–Kier alpha value is -15.6. The third-order valence-corrected chi connectivity index (χ3v) is 28.5. The number of ether oxygens (including phenoxy) is 6. The Morgan fingerprint density at radius 1 is 0.331 bits per heavy atom. The molecule has 148 heavy (non-hydrogen) atoms. The molecule has 25 rings (SSSR count). The van der Waals surface area contributed by atoms with Crippen molar-refractivity contribution in [3.05, 3.63) is 323 Å². The molecule has 0 saturated heterocycles. The van der Waals surface area contributed by atoms with Crippen LogP contribution in [0.2, 0.25) is 25.1 Å². The van der Waals surface area contributed by atoms with Gasteiger partial charge in [0, 0.05) is 129 Å². The van der Waals surface area contributed by atoms with Crippen LogP contribution in [0.4, 0.5) is 0 Å². The van der Waals surface area contributed by atoms with Crippen molar-refractivity contribution in [2.75, 3.05) is 42.7 Å². The zero-order valence-electron chi connectivity index (χ0n) is 80.3. The summed E-state index contributed by atoms with van der Waals surface area (Å²) in [6.45, 7) is 12.4. The smallest absolute Gasteiger partial charge is 0.274 e. The van der Waals surface area contributed by atoms with Crippen molar-refractivity contribution in [2.45, 2.75) is 99.9 Å². The highest BCUT2D eigenvalue weighted by Crippen LogP contribution is 2.42. The number of hydrogen-bond acceptors (Lipinski definition) is 30. The molecule has 0 atom stereocenters. The summed E-state index contributed by atoms with van der Waals surface area (Å²) < 4.78 is 52.0. The summed E-state index contributed by atoms with van der Waals surface area (Å²) >= 11 is 37.5. The molecule has 0 amide bonds. The molecule has 5 aliphatic heterocycles. The van der Waals surface area contributed by atoms with Gasteiger partial charge < -0.3 is 51.3 Å². The fourth-order valence-electron chi connectivity index (χ4n) is 17.1. The van der Waals surface area contributed by atoms with Gasteiger partial charge in [-0.1, -0.05) is 82.2 Å². The van der Waals surface area contributed by atoms with Crippen LogP contribution in [-0.2, 0) is 95.9 Å². The van der Waals surface area contributed by atoms with Crippen LogP contribution >= 0.6 is 103 Å². The predicted molar refractivity (Wildman–Crippen MR) is 560 cm³/mol. The van der Waals surface area contributed by atoms with Crippen molar-refractivity contribution < 1.29 is 28.4 Å². The highest BCUT2D eigenvalue weighted by molar-refractivity contribution is 7.14. The molecule has 0 aliphatic carbocycles. The molecule has 736 valence electrons. The maximum atomic E-state index is 6.30. The van der Waals surface area contributed by atoms with Crippen molar-refractivity contribution >= 4 is 103 Å². The number of rotatable bonds is 12. The lowest BCUT2D eigenvalue weighted by atomic mass is 10.1. The zero-order chi connectivity index (χ0) is 102. The number of fused-ring (bicyclic) bond motifs is 25. The average molecular weight is 2140 g/mol. The first-order valence-electron chi connectivity index (χ1n) is 45.5. The number of aryl methyl sites for hydroxylation is 4. The summed E-state index contributed by atoms with van der Waals surface area (Å²) in [6, 6.07) is 30.6. The molecule has 20 heterocycles. The summed E-state index contributed by atoms with van der Waals surface area (Å²) in [5.41, 5.74) is 20.3. The Morgan fingerprint density at radius 3 is 0.959 bits per heavy atom. The predicted octanol–water partition coefficient (Wildman–Crippen LogP) is 17.2. The van der Waals surface area contributed by atoms with Gasteiger partial charge in [0.1, 0.15) is 98.0 Å². The lowest BCUT2D eigenvalue weighted by Gasteiger charge is -2.08. The monoisotopic (exact) mass is 2130 g/mol. The molecule has 36 nitrogen and oxygen atoms in total. The third kappa shape index (κ3) is 20.1. The van der Waals surface area contributed by atoms with Gasteiger partial charge in [-0.05, 0) is 183 Å². The molecule has 45 heteroatoms. The van der Waals surface area contributed by atoms with Gasteiger partial charge in [-0.15, -0.1) is 85.0 Å². The van der Waals surface area contributed by atoms with Crippen molar-refractivity contribution in [1.29, 1.82) is 0 Å². The lowest BCUT2D eigenvalue weighted by molar-refractivity contribution is 0.174. The molecular formula is C103H79Cl5N30O6S4. The molecular weight excluding hydrogens is 2060 g/mol. The normalized spacial score (nSPS) is 11.8. The minimum Gasteiger partial charge on any atom is -0.473 e. The van der Waals surface area contributed by atoms with E-state index in [0.29, 0.717) is 125 Å². The first-order valence-corrected chi connectivity index (χ1v) is 50.7. The molecule has 20 aromatic rings. The second-order valence-corrected chi connectivity index (χ2v) is 39.8. The fraction of sp³-hybridized carbons (Fsp3) is 0.204. The first-order chi connectivity index (χ1) is 72.3.